The Morgan fingerprint density at radius 1 is 0.788 bits per heavy atom. The van der Waals surface area contributed by atoms with E-state index in [9.17, 15) is 4.79 Å². The van der Waals surface area contributed by atoms with Crippen LogP contribution in [0.15, 0.2) is 97.1 Å². The van der Waals surface area contributed by atoms with Gasteiger partial charge in [-0.2, -0.15) is 0 Å². The fourth-order valence-corrected chi connectivity index (χ4v) is 4.20. The number of benzene rings is 4. The molecule has 2 amide bonds. The number of hydrogen-bond donors (Lipinski definition) is 2. The molecule has 4 aromatic carbocycles. The van der Waals surface area contributed by atoms with Crippen molar-refractivity contribution in [1.29, 1.82) is 0 Å². The number of hydrogen-bond acceptors (Lipinski definition) is 3. The second-order valence-corrected chi connectivity index (χ2v) is 8.41. The Bertz CT molecular complexity index is 1220. The SMILES string of the molecule is O=C1NC[C@H](Cc2ccc3ccccc3c2)N(Cc2ccc(OCc3ccccc3)cc2)N1. The Morgan fingerprint density at radius 2 is 1.52 bits per heavy atom. The quantitative estimate of drug-likeness (QED) is 0.425. The summed E-state index contributed by atoms with van der Waals surface area (Å²) in [5.41, 5.74) is 6.50. The van der Waals surface area contributed by atoms with E-state index in [1.807, 2.05) is 35.3 Å². The number of urea groups is 1. The van der Waals surface area contributed by atoms with Crippen LogP contribution in [0.1, 0.15) is 16.7 Å². The number of nitrogens with one attached hydrogen (secondary N) is 2. The van der Waals surface area contributed by atoms with E-state index in [0.717, 1.165) is 23.3 Å². The molecule has 5 heteroatoms. The molecule has 0 aromatic heterocycles. The van der Waals surface area contributed by atoms with E-state index >= 15 is 0 Å². The standard InChI is InChI=1S/C28H27N3O2/c32-28-29-18-26(17-23-10-13-24-8-4-5-9-25(24)16-23)31(30-28)19-21-11-14-27(15-12-21)33-20-22-6-2-1-3-7-22/h1-16,26H,17-20H2,(H2,29,30,32)/t26-/m0/s1. The lowest BCUT2D eigenvalue weighted by molar-refractivity contribution is 0.0987. The summed E-state index contributed by atoms with van der Waals surface area (Å²) in [5, 5.41) is 7.45. The predicted octanol–water partition coefficient (Wildman–Crippen LogP) is 5.06. The molecule has 0 unspecified atom stereocenters. The molecule has 2 N–H and O–H groups in total. The highest BCUT2D eigenvalue weighted by Crippen LogP contribution is 2.20. The number of ether oxygens (including phenoxy) is 1. The average molecular weight is 438 g/mol. The molecule has 0 aliphatic carbocycles. The molecule has 1 fully saturated rings. The maximum absolute atomic E-state index is 12.0. The van der Waals surface area contributed by atoms with E-state index < -0.39 is 0 Å². The molecule has 5 nitrogen and oxygen atoms in total. The summed E-state index contributed by atoms with van der Waals surface area (Å²) in [6, 6.07) is 33.2. The van der Waals surface area contributed by atoms with Gasteiger partial charge in [-0.25, -0.2) is 9.80 Å². The highest BCUT2D eigenvalue weighted by molar-refractivity contribution is 5.83. The Balaban J connectivity index is 1.24. The monoisotopic (exact) mass is 437 g/mol. The van der Waals surface area contributed by atoms with Gasteiger partial charge in [0, 0.05) is 13.1 Å². The number of rotatable bonds is 7. The molecule has 4 aromatic rings. The first-order valence-corrected chi connectivity index (χ1v) is 11.3. The summed E-state index contributed by atoms with van der Waals surface area (Å²) in [6.07, 6.45) is 0.844. The van der Waals surface area contributed by atoms with E-state index in [2.05, 4.69) is 77.5 Å². The van der Waals surface area contributed by atoms with Crippen molar-refractivity contribution >= 4 is 16.8 Å². The van der Waals surface area contributed by atoms with Crippen molar-refractivity contribution < 1.29 is 9.53 Å². The number of amides is 2. The van der Waals surface area contributed by atoms with Gasteiger partial charge in [-0.1, -0.05) is 84.9 Å². The highest BCUT2D eigenvalue weighted by Gasteiger charge is 2.26. The van der Waals surface area contributed by atoms with Gasteiger partial charge in [0.25, 0.3) is 0 Å². The molecule has 1 aliphatic heterocycles. The van der Waals surface area contributed by atoms with Crippen LogP contribution in [0.5, 0.6) is 5.75 Å². The first-order chi connectivity index (χ1) is 16.2. The van der Waals surface area contributed by atoms with Gasteiger partial charge < -0.3 is 10.1 Å². The summed E-state index contributed by atoms with van der Waals surface area (Å²) in [6.45, 7) is 1.78. The third kappa shape index (κ3) is 5.33. The van der Waals surface area contributed by atoms with Crippen LogP contribution in [0.3, 0.4) is 0 Å². The van der Waals surface area contributed by atoms with Crippen molar-refractivity contribution in [2.24, 2.45) is 0 Å². The zero-order chi connectivity index (χ0) is 22.5. The number of carbonyl (C=O) groups is 1. The van der Waals surface area contributed by atoms with E-state index in [1.165, 1.54) is 16.3 Å². The van der Waals surface area contributed by atoms with Crippen LogP contribution in [-0.4, -0.2) is 23.6 Å². The van der Waals surface area contributed by atoms with E-state index in [1.54, 1.807) is 0 Å². The van der Waals surface area contributed by atoms with E-state index in [-0.39, 0.29) is 12.1 Å². The number of fused-ring (bicyclic) bond motifs is 1. The topological polar surface area (TPSA) is 53.6 Å². The fourth-order valence-electron chi connectivity index (χ4n) is 4.20. The fraction of sp³-hybridized carbons (Fsp3) is 0.179. The Morgan fingerprint density at radius 3 is 2.33 bits per heavy atom. The van der Waals surface area contributed by atoms with Crippen molar-refractivity contribution in [2.45, 2.75) is 25.6 Å². The van der Waals surface area contributed by atoms with Crippen LogP contribution in [0, 0.1) is 0 Å². The third-order valence-electron chi connectivity index (χ3n) is 5.99. The van der Waals surface area contributed by atoms with Gasteiger partial charge in [0.1, 0.15) is 12.4 Å². The predicted molar refractivity (Wildman–Crippen MR) is 131 cm³/mol. The van der Waals surface area contributed by atoms with Gasteiger partial charge >= 0.3 is 6.03 Å². The first-order valence-electron chi connectivity index (χ1n) is 11.3. The van der Waals surface area contributed by atoms with Crippen LogP contribution in [-0.2, 0) is 19.6 Å². The second-order valence-electron chi connectivity index (χ2n) is 8.41. The minimum absolute atomic E-state index is 0.151. The maximum atomic E-state index is 12.0. The van der Waals surface area contributed by atoms with Gasteiger partial charge in [0.05, 0.1) is 6.04 Å². The molecule has 0 radical (unpaired) electrons. The minimum atomic E-state index is -0.160. The maximum Gasteiger partial charge on any atom is 0.329 e. The number of nitrogens with zero attached hydrogens (tertiary/aromatic N) is 1. The Hall–Kier alpha value is -3.83. The molecule has 5 rings (SSSR count). The summed E-state index contributed by atoms with van der Waals surface area (Å²) >= 11 is 0. The van der Waals surface area contributed by atoms with Gasteiger partial charge in [0.2, 0.25) is 0 Å². The first kappa shape index (κ1) is 21.0. The molecule has 1 heterocycles. The third-order valence-corrected chi connectivity index (χ3v) is 5.99. The molecule has 0 bridgehead atoms. The summed E-state index contributed by atoms with van der Waals surface area (Å²) in [5.74, 6) is 0.833. The number of carbonyl (C=O) groups excluding carboxylic acids is 1. The van der Waals surface area contributed by atoms with Crippen LogP contribution >= 0.6 is 0 Å². The summed E-state index contributed by atoms with van der Waals surface area (Å²) in [7, 11) is 0. The Kier molecular flexibility index (Phi) is 6.22. The van der Waals surface area contributed by atoms with Gasteiger partial charge in [-0.3, -0.25) is 5.43 Å². The molecular formula is C28H27N3O2. The van der Waals surface area contributed by atoms with Crippen molar-refractivity contribution in [2.75, 3.05) is 6.54 Å². The molecule has 0 spiro atoms. The molecule has 33 heavy (non-hydrogen) atoms. The van der Waals surface area contributed by atoms with Crippen molar-refractivity contribution in [3.63, 3.8) is 0 Å². The van der Waals surface area contributed by atoms with Crippen LogP contribution < -0.4 is 15.5 Å². The van der Waals surface area contributed by atoms with Gasteiger partial charge in [-0.15, -0.1) is 0 Å². The zero-order valence-corrected chi connectivity index (χ0v) is 18.4. The second kappa shape index (κ2) is 9.76. The molecule has 166 valence electrons. The van der Waals surface area contributed by atoms with E-state index in [0.29, 0.717) is 19.7 Å². The van der Waals surface area contributed by atoms with Crippen LogP contribution in [0.2, 0.25) is 0 Å². The smallest absolute Gasteiger partial charge is 0.329 e. The highest BCUT2D eigenvalue weighted by atomic mass is 16.5. The van der Waals surface area contributed by atoms with Crippen molar-refractivity contribution in [1.82, 2.24) is 15.8 Å². The molecule has 1 aliphatic rings. The van der Waals surface area contributed by atoms with Crippen LogP contribution in [0.4, 0.5) is 4.79 Å². The Labute approximate surface area is 194 Å². The molecule has 1 atom stereocenters. The summed E-state index contributed by atoms with van der Waals surface area (Å²) in [4.78, 5) is 12.0. The lowest BCUT2D eigenvalue weighted by Crippen LogP contribution is -2.61. The largest absolute Gasteiger partial charge is 0.489 e. The van der Waals surface area contributed by atoms with E-state index in [4.69, 9.17) is 4.74 Å². The zero-order valence-electron chi connectivity index (χ0n) is 18.4. The normalized spacial score (nSPS) is 16.2. The van der Waals surface area contributed by atoms with Crippen molar-refractivity contribution in [3.8, 4) is 5.75 Å². The molecule has 0 saturated carbocycles. The minimum Gasteiger partial charge on any atom is -0.489 e. The lowest BCUT2D eigenvalue weighted by atomic mass is 10.0. The summed E-state index contributed by atoms with van der Waals surface area (Å²) < 4.78 is 5.90. The van der Waals surface area contributed by atoms with Gasteiger partial charge in [-0.05, 0) is 46.0 Å². The van der Waals surface area contributed by atoms with Crippen LogP contribution in [0.25, 0.3) is 10.8 Å². The molecule has 1 saturated heterocycles. The number of hydrazine groups is 1. The van der Waals surface area contributed by atoms with Gasteiger partial charge in [0.15, 0.2) is 0 Å². The average Bonchev–Trinajstić information content (AvgIpc) is 2.86. The van der Waals surface area contributed by atoms with Crippen molar-refractivity contribution in [3.05, 3.63) is 114 Å². The lowest BCUT2D eigenvalue weighted by Gasteiger charge is -2.36. The molecular weight excluding hydrogens is 410 g/mol.